The second-order valence-corrected chi connectivity index (χ2v) is 5.86. The molecule has 0 aliphatic rings. The van der Waals surface area contributed by atoms with Crippen LogP contribution in [0.4, 0.5) is 16.3 Å². The number of nitrogens with zero attached hydrogens (tertiary/aromatic N) is 3. The number of carboxylic acids is 1. The van der Waals surface area contributed by atoms with E-state index >= 15 is 0 Å². The van der Waals surface area contributed by atoms with Gasteiger partial charge in [0.2, 0.25) is 5.91 Å². The first-order valence-corrected chi connectivity index (χ1v) is 7.96. The van der Waals surface area contributed by atoms with Crippen LogP contribution in [0, 0.1) is 0 Å². The monoisotopic (exact) mass is 359 g/mol. The van der Waals surface area contributed by atoms with Crippen molar-refractivity contribution >= 4 is 29.4 Å². The number of aryl methyl sites for hydroxylation is 1. The molecule has 1 aromatic heterocycles. The molecule has 0 saturated heterocycles. The highest BCUT2D eigenvalue weighted by Gasteiger charge is 2.09. The van der Waals surface area contributed by atoms with E-state index in [0.717, 1.165) is 5.56 Å². The molecule has 0 fully saturated rings. The van der Waals surface area contributed by atoms with Gasteiger partial charge in [-0.05, 0) is 24.1 Å². The van der Waals surface area contributed by atoms with Crippen LogP contribution in [-0.4, -0.2) is 51.8 Å². The standard InChI is InChI=1S/C17H21N5O4/c1-21(2)15(23)11-22-9-8-14(20-22)19-17(26)18-13-5-3-4-12(10-13)6-7-16(24)25/h3-5,8-10H,6-7,11H2,1-2H3,(H,24,25)(H2,18,19,20,26). The Bertz CT molecular complexity index is 800. The lowest BCUT2D eigenvalue weighted by Gasteiger charge is -2.09. The van der Waals surface area contributed by atoms with Crippen LogP contribution >= 0.6 is 0 Å². The highest BCUT2D eigenvalue weighted by Crippen LogP contribution is 2.13. The summed E-state index contributed by atoms with van der Waals surface area (Å²) in [5.74, 6) is -0.664. The third kappa shape index (κ3) is 5.93. The van der Waals surface area contributed by atoms with Crippen molar-refractivity contribution in [3.8, 4) is 0 Å². The number of hydrogen-bond donors (Lipinski definition) is 3. The lowest BCUT2D eigenvalue weighted by Crippen LogP contribution is -2.26. The van der Waals surface area contributed by atoms with Crippen molar-refractivity contribution in [3.63, 3.8) is 0 Å². The minimum Gasteiger partial charge on any atom is -0.481 e. The van der Waals surface area contributed by atoms with Gasteiger partial charge >= 0.3 is 12.0 Å². The van der Waals surface area contributed by atoms with Gasteiger partial charge in [0.25, 0.3) is 0 Å². The van der Waals surface area contributed by atoms with Crippen molar-refractivity contribution in [1.29, 1.82) is 0 Å². The molecule has 3 amide bonds. The Morgan fingerprint density at radius 1 is 1.19 bits per heavy atom. The Balaban J connectivity index is 1.91. The number of hydrogen-bond acceptors (Lipinski definition) is 4. The highest BCUT2D eigenvalue weighted by molar-refractivity contribution is 5.99. The fourth-order valence-corrected chi connectivity index (χ4v) is 2.13. The third-order valence-electron chi connectivity index (χ3n) is 3.49. The molecule has 9 nitrogen and oxygen atoms in total. The van der Waals surface area contributed by atoms with Gasteiger partial charge in [-0.25, -0.2) is 4.79 Å². The minimum atomic E-state index is -0.871. The number of urea groups is 1. The van der Waals surface area contributed by atoms with Gasteiger partial charge in [0.05, 0.1) is 0 Å². The summed E-state index contributed by atoms with van der Waals surface area (Å²) in [6.45, 7) is 0.0852. The molecular weight excluding hydrogens is 338 g/mol. The summed E-state index contributed by atoms with van der Waals surface area (Å²) >= 11 is 0. The average Bonchev–Trinajstić information content (AvgIpc) is 2.99. The van der Waals surface area contributed by atoms with Gasteiger partial charge in [-0.15, -0.1) is 0 Å². The number of rotatable bonds is 7. The van der Waals surface area contributed by atoms with E-state index in [1.165, 1.54) is 9.58 Å². The zero-order valence-electron chi connectivity index (χ0n) is 14.6. The molecule has 0 atom stereocenters. The summed E-state index contributed by atoms with van der Waals surface area (Å²) in [6, 6.07) is 8.08. The van der Waals surface area contributed by atoms with Gasteiger partial charge in [-0.1, -0.05) is 12.1 Å². The second-order valence-electron chi connectivity index (χ2n) is 5.86. The van der Waals surface area contributed by atoms with E-state index in [9.17, 15) is 14.4 Å². The number of carbonyl (C=O) groups is 3. The van der Waals surface area contributed by atoms with Crippen molar-refractivity contribution in [3.05, 3.63) is 42.1 Å². The van der Waals surface area contributed by atoms with E-state index in [1.54, 1.807) is 50.6 Å². The second kappa shape index (κ2) is 8.65. The molecule has 1 heterocycles. The van der Waals surface area contributed by atoms with E-state index in [2.05, 4.69) is 15.7 Å². The number of nitrogens with one attached hydrogen (secondary N) is 2. The molecule has 2 rings (SSSR count). The zero-order chi connectivity index (χ0) is 19.1. The Morgan fingerprint density at radius 2 is 1.96 bits per heavy atom. The lowest BCUT2D eigenvalue weighted by atomic mass is 10.1. The number of aromatic nitrogens is 2. The summed E-state index contributed by atoms with van der Waals surface area (Å²) in [6.07, 6.45) is 2.01. The van der Waals surface area contributed by atoms with Crippen LogP contribution in [0.25, 0.3) is 0 Å². The van der Waals surface area contributed by atoms with Gasteiger partial charge in [0.15, 0.2) is 5.82 Å². The Morgan fingerprint density at radius 3 is 2.65 bits per heavy atom. The Hall–Kier alpha value is -3.36. The minimum absolute atomic E-state index is 0.0265. The van der Waals surface area contributed by atoms with Crippen molar-refractivity contribution in [2.75, 3.05) is 24.7 Å². The van der Waals surface area contributed by atoms with Crippen LogP contribution < -0.4 is 10.6 Å². The van der Waals surface area contributed by atoms with E-state index < -0.39 is 12.0 Å². The Labute approximate surface area is 150 Å². The zero-order valence-corrected chi connectivity index (χ0v) is 14.6. The molecule has 0 aliphatic carbocycles. The summed E-state index contributed by atoms with van der Waals surface area (Å²) in [4.78, 5) is 35.8. The summed E-state index contributed by atoms with van der Waals surface area (Å²) < 4.78 is 1.43. The molecular formula is C17H21N5O4. The van der Waals surface area contributed by atoms with E-state index in [0.29, 0.717) is 17.9 Å². The first-order valence-electron chi connectivity index (χ1n) is 7.96. The predicted molar refractivity (Wildman–Crippen MR) is 96.0 cm³/mol. The fourth-order valence-electron chi connectivity index (χ4n) is 2.13. The van der Waals surface area contributed by atoms with Gasteiger partial charge in [0, 0.05) is 38.5 Å². The van der Waals surface area contributed by atoms with E-state index in [-0.39, 0.29) is 18.9 Å². The molecule has 0 aliphatic heterocycles. The molecule has 26 heavy (non-hydrogen) atoms. The van der Waals surface area contributed by atoms with Crippen LogP contribution in [0.1, 0.15) is 12.0 Å². The molecule has 0 spiro atoms. The van der Waals surface area contributed by atoms with Crippen molar-refractivity contribution in [2.24, 2.45) is 0 Å². The maximum Gasteiger partial charge on any atom is 0.324 e. The SMILES string of the molecule is CN(C)C(=O)Cn1ccc(NC(=O)Nc2cccc(CCC(=O)O)c2)n1. The molecule has 0 saturated carbocycles. The largest absolute Gasteiger partial charge is 0.481 e. The van der Waals surface area contributed by atoms with Crippen molar-refractivity contribution in [2.45, 2.75) is 19.4 Å². The summed E-state index contributed by atoms with van der Waals surface area (Å²) in [5.41, 5.74) is 1.37. The van der Waals surface area contributed by atoms with Crippen molar-refractivity contribution in [1.82, 2.24) is 14.7 Å². The fraction of sp³-hybridized carbons (Fsp3) is 0.294. The van der Waals surface area contributed by atoms with Crippen LogP contribution in [-0.2, 0) is 22.6 Å². The quantitative estimate of drug-likeness (QED) is 0.695. The average molecular weight is 359 g/mol. The first kappa shape index (κ1) is 19.0. The summed E-state index contributed by atoms with van der Waals surface area (Å²) in [5, 5.41) is 18.1. The molecule has 3 N–H and O–H groups in total. The van der Waals surface area contributed by atoms with Crippen molar-refractivity contribution < 1.29 is 19.5 Å². The smallest absolute Gasteiger partial charge is 0.324 e. The van der Waals surface area contributed by atoms with Crippen LogP contribution in [0.5, 0.6) is 0 Å². The molecule has 0 unspecified atom stereocenters. The van der Waals surface area contributed by atoms with Crippen LogP contribution in [0.3, 0.4) is 0 Å². The maximum absolute atomic E-state index is 12.1. The topological polar surface area (TPSA) is 117 Å². The normalized spacial score (nSPS) is 10.2. The van der Waals surface area contributed by atoms with Gasteiger partial charge in [-0.2, -0.15) is 5.10 Å². The third-order valence-corrected chi connectivity index (χ3v) is 3.49. The van der Waals surface area contributed by atoms with Gasteiger partial charge in [-0.3, -0.25) is 19.6 Å². The lowest BCUT2D eigenvalue weighted by molar-refractivity contribution is -0.137. The number of amides is 3. The van der Waals surface area contributed by atoms with Crippen LogP contribution in [0.15, 0.2) is 36.5 Å². The molecule has 0 radical (unpaired) electrons. The molecule has 1 aromatic carbocycles. The highest BCUT2D eigenvalue weighted by atomic mass is 16.4. The van der Waals surface area contributed by atoms with E-state index in [4.69, 9.17) is 5.11 Å². The number of benzene rings is 1. The van der Waals surface area contributed by atoms with E-state index in [1.807, 2.05) is 0 Å². The number of anilines is 2. The van der Waals surface area contributed by atoms with Crippen LogP contribution in [0.2, 0.25) is 0 Å². The van der Waals surface area contributed by atoms with Gasteiger partial charge in [0.1, 0.15) is 6.54 Å². The Kier molecular flexibility index (Phi) is 6.31. The number of likely N-dealkylation sites (N-methyl/N-ethyl adjacent to an activating group) is 1. The number of aliphatic carboxylic acids is 1. The molecule has 138 valence electrons. The molecule has 2 aromatic rings. The maximum atomic E-state index is 12.1. The number of carboxylic acid groups (broad SMARTS) is 1. The van der Waals surface area contributed by atoms with Gasteiger partial charge < -0.3 is 15.3 Å². The number of carbonyl (C=O) groups excluding carboxylic acids is 2. The first-order chi connectivity index (χ1) is 12.3. The molecule has 0 bridgehead atoms. The summed E-state index contributed by atoms with van der Waals surface area (Å²) in [7, 11) is 3.31. The predicted octanol–water partition coefficient (Wildman–Crippen LogP) is 1.63. The molecule has 9 heteroatoms.